The minimum atomic E-state index is -2.66. The summed E-state index contributed by atoms with van der Waals surface area (Å²) in [6, 6.07) is 5.28. The van der Waals surface area contributed by atoms with Crippen molar-refractivity contribution >= 4 is 21.5 Å². The molecule has 3 unspecified atom stereocenters. The smallest absolute Gasteiger partial charge is 0.263 e. The highest BCUT2D eigenvalue weighted by atomic mass is 32.2. The third-order valence-corrected chi connectivity index (χ3v) is 8.79. The van der Waals surface area contributed by atoms with Gasteiger partial charge in [-0.05, 0) is 51.5 Å². The molecule has 0 bridgehead atoms. The molecule has 8 nitrogen and oxygen atoms in total. The van der Waals surface area contributed by atoms with E-state index in [0.29, 0.717) is 50.6 Å². The number of ether oxygens (including phenoxy) is 2. The molecule has 4 rings (SSSR count). The van der Waals surface area contributed by atoms with Crippen LogP contribution in [0.1, 0.15) is 45.4 Å². The zero-order valence-corrected chi connectivity index (χ0v) is 18.8. The zero-order valence-electron chi connectivity index (χ0n) is 18.0. The number of aromatic nitrogens is 1. The first-order valence-corrected chi connectivity index (χ1v) is 13.0. The van der Waals surface area contributed by atoms with Gasteiger partial charge in [0.25, 0.3) is 11.8 Å². The Morgan fingerprint density at radius 3 is 2.84 bits per heavy atom. The minimum Gasteiger partial charge on any atom is -0.465 e. The van der Waals surface area contributed by atoms with E-state index in [4.69, 9.17) is 9.47 Å². The van der Waals surface area contributed by atoms with E-state index in [2.05, 4.69) is 9.35 Å². The number of rotatable bonds is 4. The molecular weight excluding hydrogens is 418 g/mol. The Balaban J connectivity index is 1.36. The van der Waals surface area contributed by atoms with Crippen LogP contribution in [-0.2, 0) is 24.1 Å². The predicted octanol–water partition coefficient (Wildman–Crippen LogP) is 2.43. The Labute approximate surface area is 183 Å². The number of carbonyl (C=O) groups excluding carboxylic acids is 2. The van der Waals surface area contributed by atoms with E-state index < -0.39 is 15.8 Å². The third kappa shape index (κ3) is 5.26. The first-order valence-electron chi connectivity index (χ1n) is 11.1. The van der Waals surface area contributed by atoms with Crippen molar-refractivity contribution in [1.82, 2.24) is 9.88 Å². The zero-order chi connectivity index (χ0) is 21.9. The fourth-order valence-electron chi connectivity index (χ4n) is 4.56. The maximum absolute atomic E-state index is 13.4. The molecule has 1 aromatic rings. The molecule has 2 amide bonds. The molecule has 0 aromatic carbocycles. The van der Waals surface area contributed by atoms with E-state index >= 15 is 0 Å². The van der Waals surface area contributed by atoms with E-state index in [-0.39, 0.29) is 29.1 Å². The fraction of sp³-hybridized carbons (Fsp3) is 0.682. The van der Waals surface area contributed by atoms with Crippen molar-refractivity contribution in [2.45, 2.75) is 57.2 Å². The number of hydrogen-bond donors (Lipinski definition) is 0. The SMILES string of the molecule is CC(Oc1ccccn1)C(=O)N1CCCS(=O)(=NC(=O)C2CCOC3(CCC3)C2)CC1. The standard InChI is InChI=1S/C22H31N3O5S/c1-17(30-19-6-2-3-10-23-19)21(27)25-11-5-14-31(28,15-12-25)24-20(26)18-7-13-29-22(16-18)8-4-9-22/h2-3,6,10,17-18H,4-5,7-9,11-16H2,1H3. The Kier molecular flexibility index (Phi) is 6.62. The van der Waals surface area contributed by atoms with Crippen LogP contribution in [0.3, 0.4) is 0 Å². The van der Waals surface area contributed by atoms with E-state index in [1.807, 2.05) is 0 Å². The van der Waals surface area contributed by atoms with Crippen molar-refractivity contribution in [2.24, 2.45) is 10.3 Å². The van der Waals surface area contributed by atoms with Crippen LogP contribution in [0.4, 0.5) is 0 Å². The van der Waals surface area contributed by atoms with Crippen molar-refractivity contribution in [3.63, 3.8) is 0 Å². The van der Waals surface area contributed by atoms with Crippen molar-refractivity contribution in [3.05, 3.63) is 24.4 Å². The molecule has 0 radical (unpaired) electrons. The van der Waals surface area contributed by atoms with Gasteiger partial charge in [-0.1, -0.05) is 6.07 Å². The average molecular weight is 450 g/mol. The molecule has 3 atom stereocenters. The first kappa shape index (κ1) is 22.2. The monoisotopic (exact) mass is 449 g/mol. The summed E-state index contributed by atoms with van der Waals surface area (Å²) in [7, 11) is -2.66. The number of nitrogens with zero attached hydrogens (tertiary/aromatic N) is 3. The molecule has 1 aliphatic carbocycles. The van der Waals surface area contributed by atoms with Gasteiger partial charge in [0.2, 0.25) is 5.88 Å². The summed E-state index contributed by atoms with van der Waals surface area (Å²) in [5.74, 6) is 0.341. The summed E-state index contributed by atoms with van der Waals surface area (Å²) in [6.07, 6.45) is 5.95. The second-order valence-corrected chi connectivity index (χ2v) is 11.3. The molecule has 3 fully saturated rings. The normalized spacial score (nSPS) is 28.8. The molecule has 0 N–H and O–H groups in total. The quantitative estimate of drug-likeness (QED) is 0.700. The van der Waals surface area contributed by atoms with Crippen LogP contribution in [0.2, 0.25) is 0 Å². The van der Waals surface area contributed by atoms with Crippen LogP contribution in [0, 0.1) is 5.92 Å². The molecule has 2 saturated heterocycles. The van der Waals surface area contributed by atoms with Crippen LogP contribution >= 0.6 is 0 Å². The van der Waals surface area contributed by atoms with Gasteiger partial charge in [-0.25, -0.2) is 9.19 Å². The van der Waals surface area contributed by atoms with Crippen LogP contribution in [0.15, 0.2) is 28.8 Å². The van der Waals surface area contributed by atoms with Crippen LogP contribution in [-0.4, -0.2) is 68.8 Å². The van der Waals surface area contributed by atoms with Crippen molar-refractivity contribution < 1.29 is 23.3 Å². The summed E-state index contributed by atoms with van der Waals surface area (Å²) >= 11 is 0. The van der Waals surface area contributed by atoms with Gasteiger partial charge in [-0.3, -0.25) is 9.59 Å². The second-order valence-electron chi connectivity index (χ2n) is 8.79. The highest BCUT2D eigenvalue weighted by Crippen LogP contribution is 2.44. The van der Waals surface area contributed by atoms with E-state index in [1.54, 1.807) is 36.2 Å². The molecule has 2 aliphatic heterocycles. The Bertz CT molecular complexity index is 924. The number of pyridine rings is 1. The molecule has 170 valence electrons. The molecule has 1 saturated carbocycles. The number of carbonyl (C=O) groups is 2. The summed E-state index contributed by atoms with van der Waals surface area (Å²) in [5.41, 5.74) is -0.143. The van der Waals surface area contributed by atoms with Gasteiger partial charge in [0.1, 0.15) is 0 Å². The Hall–Kier alpha value is -2.00. The maximum Gasteiger partial charge on any atom is 0.263 e. The molecule has 31 heavy (non-hydrogen) atoms. The fourth-order valence-corrected chi connectivity index (χ4v) is 6.51. The number of hydrogen-bond acceptors (Lipinski definition) is 6. The van der Waals surface area contributed by atoms with Gasteiger partial charge in [0.05, 0.1) is 15.3 Å². The van der Waals surface area contributed by atoms with Crippen molar-refractivity contribution in [3.8, 4) is 5.88 Å². The van der Waals surface area contributed by atoms with Gasteiger partial charge in [0, 0.05) is 49.4 Å². The van der Waals surface area contributed by atoms with Crippen LogP contribution < -0.4 is 4.74 Å². The summed E-state index contributed by atoms with van der Waals surface area (Å²) in [5, 5.41) is 0. The van der Waals surface area contributed by atoms with Gasteiger partial charge >= 0.3 is 0 Å². The average Bonchev–Trinajstić information content (AvgIpc) is 2.94. The van der Waals surface area contributed by atoms with Gasteiger partial charge in [-0.2, -0.15) is 4.36 Å². The van der Waals surface area contributed by atoms with Gasteiger partial charge in [-0.15, -0.1) is 0 Å². The molecular formula is C22H31N3O5S. The Morgan fingerprint density at radius 1 is 1.29 bits per heavy atom. The summed E-state index contributed by atoms with van der Waals surface area (Å²) in [4.78, 5) is 31.4. The number of amides is 2. The van der Waals surface area contributed by atoms with Gasteiger partial charge in [0.15, 0.2) is 6.10 Å². The lowest BCUT2D eigenvalue weighted by molar-refractivity contribution is -0.154. The van der Waals surface area contributed by atoms with E-state index in [1.165, 1.54) is 0 Å². The van der Waals surface area contributed by atoms with Crippen LogP contribution in [0.5, 0.6) is 5.88 Å². The summed E-state index contributed by atoms with van der Waals surface area (Å²) < 4.78 is 29.1. The van der Waals surface area contributed by atoms with Crippen molar-refractivity contribution in [2.75, 3.05) is 31.2 Å². The maximum atomic E-state index is 13.4. The highest BCUT2D eigenvalue weighted by molar-refractivity contribution is 7.93. The lowest BCUT2D eigenvalue weighted by Crippen LogP contribution is -2.47. The molecule has 1 aromatic heterocycles. The predicted molar refractivity (Wildman–Crippen MR) is 116 cm³/mol. The molecule has 9 heteroatoms. The third-order valence-electron chi connectivity index (χ3n) is 6.53. The van der Waals surface area contributed by atoms with Crippen molar-refractivity contribution in [1.29, 1.82) is 0 Å². The van der Waals surface area contributed by atoms with E-state index in [0.717, 1.165) is 19.3 Å². The highest BCUT2D eigenvalue weighted by Gasteiger charge is 2.44. The van der Waals surface area contributed by atoms with Crippen LogP contribution in [0.25, 0.3) is 0 Å². The molecule has 1 spiro atoms. The topological polar surface area (TPSA) is 98.2 Å². The Morgan fingerprint density at radius 2 is 2.13 bits per heavy atom. The first-order chi connectivity index (χ1) is 14.9. The lowest BCUT2D eigenvalue weighted by atomic mass is 9.72. The minimum absolute atomic E-state index is 0.143. The second kappa shape index (κ2) is 9.24. The largest absolute Gasteiger partial charge is 0.465 e. The van der Waals surface area contributed by atoms with Gasteiger partial charge < -0.3 is 14.4 Å². The van der Waals surface area contributed by atoms with E-state index in [9.17, 15) is 13.8 Å². The summed E-state index contributed by atoms with van der Waals surface area (Å²) in [6.45, 7) is 3.05. The molecule has 3 heterocycles. The lowest BCUT2D eigenvalue weighted by Gasteiger charge is -2.46. The molecule has 3 aliphatic rings.